The first-order valence-electron chi connectivity index (χ1n) is 6.44. The van der Waals surface area contributed by atoms with Gasteiger partial charge in [-0.2, -0.15) is 0 Å². The molecule has 0 radical (unpaired) electrons. The van der Waals surface area contributed by atoms with Gasteiger partial charge in [-0.25, -0.2) is 4.79 Å². The summed E-state index contributed by atoms with van der Waals surface area (Å²) in [7, 11) is 0. The van der Waals surface area contributed by atoms with Crippen LogP contribution in [0.5, 0.6) is 0 Å². The molecule has 0 aliphatic carbocycles. The Morgan fingerprint density at radius 1 is 1.15 bits per heavy atom. The van der Waals surface area contributed by atoms with E-state index in [2.05, 4.69) is 5.32 Å². The smallest absolute Gasteiger partial charge is 0.332 e. The van der Waals surface area contributed by atoms with Gasteiger partial charge in [-0.15, -0.1) is 0 Å². The van der Waals surface area contributed by atoms with Gasteiger partial charge in [0.15, 0.2) is 0 Å². The number of carbonyl (C=O) groups excluding carboxylic acids is 3. The first kappa shape index (κ1) is 18.1. The molecule has 1 amide bonds. The topological polar surface area (TPSA) is 108 Å². The van der Waals surface area contributed by atoms with E-state index < -0.39 is 24.0 Å². The maximum Gasteiger partial charge on any atom is 0.332 e. The van der Waals surface area contributed by atoms with Crippen molar-refractivity contribution in [1.82, 2.24) is 5.32 Å². The molecule has 7 nitrogen and oxygen atoms in total. The third-order valence-electron chi connectivity index (χ3n) is 2.21. The molecule has 0 heterocycles. The van der Waals surface area contributed by atoms with E-state index in [0.717, 1.165) is 0 Å². The van der Waals surface area contributed by atoms with Crippen LogP contribution >= 0.6 is 0 Å². The quantitative estimate of drug-likeness (QED) is 0.476. The van der Waals surface area contributed by atoms with Gasteiger partial charge in [-0.3, -0.25) is 9.59 Å². The highest BCUT2D eigenvalue weighted by Gasteiger charge is 2.18. The molecule has 0 unspecified atom stereocenters. The van der Waals surface area contributed by atoms with E-state index in [0.29, 0.717) is 0 Å². The average Bonchev–Trinajstić information content (AvgIpc) is 2.37. The Bertz CT molecular complexity index is 368. The second-order valence-corrected chi connectivity index (χ2v) is 3.95. The predicted octanol–water partition coefficient (Wildman–Crippen LogP) is -0.109. The number of ether oxygens (including phenoxy) is 2. The van der Waals surface area contributed by atoms with Crippen LogP contribution in [0.3, 0.4) is 0 Å². The summed E-state index contributed by atoms with van der Waals surface area (Å²) in [5.41, 5.74) is 5.60. The van der Waals surface area contributed by atoms with Gasteiger partial charge in [-0.1, -0.05) is 12.2 Å². The second kappa shape index (κ2) is 9.96. The van der Waals surface area contributed by atoms with Gasteiger partial charge in [0.25, 0.3) is 0 Å². The summed E-state index contributed by atoms with van der Waals surface area (Å²) in [5.74, 6) is -1.43. The Labute approximate surface area is 118 Å². The standard InChI is InChI=1S/C13H22N2O5/c1-4-19-12(17)10(14)7-6-8-11(15-9(3)16)13(18)20-5-2/h6,8,10-11H,4-5,7,14H2,1-3H3,(H,15,16)/b8-6+/t10-,11-/m1/s1. The fraction of sp³-hybridized carbons (Fsp3) is 0.615. The third-order valence-corrected chi connectivity index (χ3v) is 2.21. The minimum absolute atomic E-state index is 0.203. The van der Waals surface area contributed by atoms with Gasteiger partial charge in [0, 0.05) is 6.92 Å². The molecule has 0 aromatic carbocycles. The molecule has 0 spiro atoms. The van der Waals surface area contributed by atoms with Crippen molar-refractivity contribution in [3.05, 3.63) is 12.2 Å². The zero-order valence-electron chi connectivity index (χ0n) is 12.0. The van der Waals surface area contributed by atoms with Gasteiger partial charge in [0.1, 0.15) is 12.1 Å². The van der Waals surface area contributed by atoms with E-state index in [4.69, 9.17) is 15.2 Å². The number of nitrogens with one attached hydrogen (secondary N) is 1. The Kier molecular flexibility index (Phi) is 9.02. The van der Waals surface area contributed by atoms with Gasteiger partial charge in [-0.05, 0) is 20.3 Å². The number of esters is 2. The predicted molar refractivity (Wildman–Crippen MR) is 72.6 cm³/mol. The molecule has 0 bridgehead atoms. The van der Waals surface area contributed by atoms with Crippen LogP contribution < -0.4 is 11.1 Å². The van der Waals surface area contributed by atoms with Crippen molar-refractivity contribution < 1.29 is 23.9 Å². The Hall–Kier alpha value is -1.89. The van der Waals surface area contributed by atoms with Crippen LogP contribution in [-0.4, -0.2) is 43.1 Å². The minimum atomic E-state index is -0.887. The molecule has 0 saturated heterocycles. The molecule has 0 aliphatic rings. The number of nitrogens with two attached hydrogens (primary N) is 1. The molecule has 114 valence electrons. The van der Waals surface area contributed by atoms with Gasteiger partial charge in [0.05, 0.1) is 13.2 Å². The number of carbonyl (C=O) groups is 3. The Balaban J connectivity index is 4.49. The fourth-order valence-electron chi connectivity index (χ4n) is 1.34. The van der Waals surface area contributed by atoms with Crippen LogP contribution in [0, 0.1) is 0 Å². The second-order valence-electron chi connectivity index (χ2n) is 3.95. The molecule has 3 N–H and O–H groups in total. The third kappa shape index (κ3) is 7.52. The lowest BCUT2D eigenvalue weighted by Gasteiger charge is -2.13. The van der Waals surface area contributed by atoms with Gasteiger partial charge in [0.2, 0.25) is 5.91 Å². The first-order chi connectivity index (χ1) is 9.42. The molecule has 20 heavy (non-hydrogen) atoms. The van der Waals surface area contributed by atoms with E-state index in [1.165, 1.54) is 13.0 Å². The van der Waals surface area contributed by atoms with Crippen molar-refractivity contribution in [2.75, 3.05) is 13.2 Å². The number of hydrogen-bond donors (Lipinski definition) is 2. The molecule has 0 aromatic heterocycles. The normalized spacial score (nSPS) is 13.6. The zero-order chi connectivity index (χ0) is 15.5. The molecule has 0 fully saturated rings. The van der Waals surface area contributed by atoms with E-state index in [1.54, 1.807) is 19.9 Å². The maximum atomic E-state index is 11.6. The summed E-state index contributed by atoms with van der Waals surface area (Å²) in [6.45, 7) is 5.13. The number of rotatable bonds is 8. The highest BCUT2D eigenvalue weighted by molar-refractivity contribution is 5.84. The largest absolute Gasteiger partial charge is 0.465 e. The summed E-state index contributed by atoms with van der Waals surface area (Å²) in [4.78, 5) is 33.9. The lowest BCUT2D eigenvalue weighted by Crippen LogP contribution is -2.39. The molecule has 0 aliphatic heterocycles. The van der Waals surface area contributed by atoms with E-state index in [9.17, 15) is 14.4 Å². The van der Waals surface area contributed by atoms with Crippen molar-refractivity contribution in [2.45, 2.75) is 39.3 Å². The molecule has 2 atom stereocenters. The van der Waals surface area contributed by atoms with E-state index >= 15 is 0 Å². The van der Waals surface area contributed by atoms with Gasteiger partial charge < -0.3 is 20.5 Å². The summed E-state index contributed by atoms with van der Waals surface area (Å²) in [5, 5.41) is 2.44. The van der Waals surface area contributed by atoms with Gasteiger partial charge >= 0.3 is 11.9 Å². The van der Waals surface area contributed by atoms with Crippen LogP contribution in [0.1, 0.15) is 27.2 Å². The lowest BCUT2D eigenvalue weighted by atomic mass is 10.1. The highest BCUT2D eigenvalue weighted by Crippen LogP contribution is 1.98. The first-order valence-corrected chi connectivity index (χ1v) is 6.44. The SMILES string of the molecule is CCOC(=O)[C@H](N)C/C=C/[C@@H](NC(C)=O)C(=O)OCC. The van der Waals surface area contributed by atoms with Crippen molar-refractivity contribution in [3.63, 3.8) is 0 Å². The monoisotopic (exact) mass is 286 g/mol. The molecule has 0 aromatic rings. The molecule has 0 rings (SSSR count). The summed E-state index contributed by atoms with van der Waals surface area (Å²) >= 11 is 0. The highest BCUT2D eigenvalue weighted by atomic mass is 16.5. The molecule has 7 heteroatoms. The number of amides is 1. The summed E-state index contributed by atoms with van der Waals surface area (Å²) in [6.07, 6.45) is 3.19. The Morgan fingerprint density at radius 3 is 2.20 bits per heavy atom. The zero-order valence-corrected chi connectivity index (χ0v) is 12.0. The molecular formula is C13H22N2O5. The molecular weight excluding hydrogens is 264 g/mol. The fourth-order valence-corrected chi connectivity index (χ4v) is 1.34. The number of hydrogen-bond acceptors (Lipinski definition) is 6. The van der Waals surface area contributed by atoms with Crippen LogP contribution in [-0.2, 0) is 23.9 Å². The Morgan fingerprint density at radius 2 is 1.70 bits per heavy atom. The summed E-state index contributed by atoms with van der Waals surface area (Å²) < 4.78 is 9.57. The van der Waals surface area contributed by atoms with Crippen molar-refractivity contribution in [3.8, 4) is 0 Å². The van der Waals surface area contributed by atoms with Crippen molar-refractivity contribution >= 4 is 17.8 Å². The maximum absolute atomic E-state index is 11.6. The van der Waals surface area contributed by atoms with Crippen molar-refractivity contribution in [1.29, 1.82) is 0 Å². The van der Waals surface area contributed by atoms with Crippen LogP contribution in [0.25, 0.3) is 0 Å². The van der Waals surface area contributed by atoms with E-state index in [-0.39, 0.29) is 25.5 Å². The average molecular weight is 286 g/mol. The van der Waals surface area contributed by atoms with Crippen molar-refractivity contribution in [2.24, 2.45) is 5.73 Å². The lowest BCUT2D eigenvalue weighted by molar-refractivity contribution is -0.145. The summed E-state index contributed by atoms with van der Waals surface area (Å²) in [6, 6.07) is -1.69. The van der Waals surface area contributed by atoms with E-state index in [1.807, 2.05) is 0 Å². The van der Waals surface area contributed by atoms with Crippen LogP contribution in [0.15, 0.2) is 12.2 Å². The van der Waals surface area contributed by atoms with Crippen LogP contribution in [0.2, 0.25) is 0 Å². The molecule has 0 saturated carbocycles. The minimum Gasteiger partial charge on any atom is -0.465 e. The van der Waals surface area contributed by atoms with Crippen LogP contribution in [0.4, 0.5) is 0 Å².